The van der Waals surface area contributed by atoms with Gasteiger partial charge in [0.1, 0.15) is 0 Å². The molecule has 4 aliphatic heterocycles. The van der Waals surface area contributed by atoms with E-state index < -0.39 is 54.5 Å². The van der Waals surface area contributed by atoms with Crippen LogP contribution in [0.15, 0.2) is 12.1 Å². The van der Waals surface area contributed by atoms with Crippen LogP contribution in [-0.4, -0.2) is 63.2 Å². The van der Waals surface area contributed by atoms with Gasteiger partial charge in [-0.05, 0) is 25.0 Å². The molecule has 2 N–H and O–H groups in total. The average Bonchev–Trinajstić information content (AvgIpc) is 2.95. The van der Waals surface area contributed by atoms with Gasteiger partial charge in [-0.1, -0.05) is 0 Å². The van der Waals surface area contributed by atoms with E-state index in [9.17, 15) is 29.9 Å². The Kier molecular flexibility index (Phi) is 3.34. The van der Waals surface area contributed by atoms with Crippen molar-refractivity contribution in [2.75, 3.05) is 7.11 Å². The van der Waals surface area contributed by atoms with Crippen LogP contribution >= 0.6 is 7.60 Å². The number of phenols is 2. The van der Waals surface area contributed by atoms with Crippen LogP contribution in [0.1, 0.15) is 12.8 Å². The molecule has 6 rings (SSSR count). The van der Waals surface area contributed by atoms with Crippen molar-refractivity contribution in [1.29, 1.82) is 0 Å². The third-order valence-corrected chi connectivity index (χ3v) is 7.51. The van der Waals surface area contributed by atoms with E-state index in [0.29, 0.717) is 11.1 Å². The molecule has 4 heterocycles. The van der Waals surface area contributed by atoms with E-state index in [0.717, 1.165) is 6.07 Å². The number of methoxy groups -OCH3 is 1. The maximum absolute atomic E-state index is 12.8. The van der Waals surface area contributed by atoms with Crippen molar-refractivity contribution in [3.8, 4) is 23.0 Å². The largest absolute Gasteiger partial charge is 0.505 e. The predicted octanol–water partition coefficient (Wildman–Crippen LogP) is 0.889. The minimum atomic E-state index is -3.66. The highest BCUT2D eigenvalue weighted by atomic mass is 31.2. The SMILES string of the molecule is COc1c(OP2(=O)OC2[C@H]2CC[C@@]3(O2)C(=O)C2C(=O)C3[N+]2=[N-])ccc(O)c1O. The number of hydrogen-bond acceptors (Lipinski definition) is 9. The van der Waals surface area contributed by atoms with Gasteiger partial charge < -0.3 is 29.7 Å². The average molecular weight is 410 g/mol. The molecule has 1 aliphatic carbocycles. The zero-order chi connectivity index (χ0) is 20.0. The highest BCUT2D eigenvalue weighted by Crippen LogP contribution is 2.73. The van der Waals surface area contributed by atoms with Crippen molar-refractivity contribution < 1.29 is 47.6 Å². The van der Waals surface area contributed by atoms with Crippen molar-refractivity contribution in [3.63, 3.8) is 0 Å². The van der Waals surface area contributed by atoms with Crippen LogP contribution < -0.4 is 9.26 Å². The molecule has 4 saturated heterocycles. The van der Waals surface area contributed by atoms with Crippen molar-refractivity contribution in [2.45, 2.75) is 42.5 Å². The molecule has 12 heteroatoms. The zero-order valence-electron chi connectivity index (χ0n) is 14.5. The molecule has 1 spiro atoms. The first-order valence-electron chi connectivity index (χ1n) is 8.53. The molecule has 0 aromatic heterocycles. The lowest BCUT2D eigenvalue weighted by atomic mass is 9.93. The van der Waals surface area contributed by atoms with Crippen LogP contribution in [0.3, 0.4) is 0 Å². The highest BCUT2D eigenvalue weighted by Gasteiger charge is 2.81. The molecule has 0 radical (unpaired) electrons. The van der Waals surface area contributed by atoms with E-state index in [1.165, 1.54) is 13.2 Å². The Morgan fingerprint density at radius 3 is 2.71 bits per heavy atom. The van der Waals surface area contributed by atoms with Crippen LogP contribution in [0.5, 0.6) is 23.0 Å². The monoisotopic (exact) mass is 410 g/mol. The molecule has 11 nitrogen and oxygen atoms in total. The number of phenolic OH excluding ortho intramolecular Hbond substituents is 2. The van der Waals surface area contributed by atoms with Crippen LogP contribution in [0.4, 0.5) is 0 Å². The number of carbonyl (C=O) groups excluding carboxylic acids is 2. The fraction of sp³-hybridized carbons (Fsp3) is 0.500. The molecule has 4 unspecified atom stereocenters. The first kappa shape index (κ1) is 17.6. The van der Waals surface area contributed by atoms with E-state index in [1.54, 1.807) is 0 Å². The number of Topliss-reactive ketones (excluding diaryl/α,β-unsaturated/α-hetero) is 2. The third-order valence-electron chi connectivity index (χ3n) is 5.68. The molecule has 0 amide bonds. The lowest BCUT2D eigenvalue weighted by molar-refractivity contribution is -0.614. The smallest absolute Gasteiger partial charge is 0.412 e. The van der Waals surface area contributed by atoms with E-state index in [2.05, 4.69) is 0 Å². The Morgan fingerprint density at radius 1 is 1.36 bits per heavy atom. The molecule has 5 fully saturated rings. The quantitative estimate of drug-likeness (QED) is 0.242. The van der Waals surface area contributed by atoms with Crippen LogP contribution in [0.25, 0.3) is 5.53 Å². The van der Waals surface area contributed by atoms with Crippen molar-refractivity contribution in [3.05, 3.63) is 17.7 Å². The molecule has 1 aromatic rings. The van der Waals surface area contributed by atoms with E-state index in [4.69, 9.17) is 18.5 Å². The number of ketones is 2. The summed E-state index contributed by atoms with van der Waals surface area (Å²) in [6, 6.07) is 0.186. The number of carbonyl (C=O) groups is 2. The van der Waals surface area contributed by atoms with Gasteiger partial charge in [0.05, 0.1) is 13.2 Å². The summed E-state index contributed by atoms with van der Waals surface area (Å²) in [5, 5.41) is 19.3. The molecule has 2 bridgehead atoms. The maximum atomic E-state index is 12.8. The van der Waals surface area contributed by atoms with Gasteiger partial charge in [0.25, 0.3) is 11.8 Å². The van der Waals surface area contributed by atoms with Gasteiger partial charge in [0.15, 0.2) is 11.5 Å². The minimum Gasteiger partial charge on any atom is -0.505 e. The highest BCUT2D eigenvalue weighted by molar-refractivity contribution is 7.61. The van der Waals surface area contributed by atoms with E-state index in [1.807, 2.05) is 0 Å². The van der Waals surface area contributed by atoms with E-state index in [-0.39, 0.29) is 23.7 Å². The number of nitrogens with zero attached hydrogens (tertiary/aromatic N) is 2. The van der Waals surface area contributed by atoms with Crippen LogP contribution in [-0.2, 0) is 23.4 Å². The van der Waals surface area contributed by atoms with Gasteiger partial charge in [-0.25, -0.2) is 4.57 Å². The Bertz CT molecular complexity index is 994. The summed E-state index contributed by atoms with van der Waals surface area (Å²) in [7, 11) is -2.42. The standard InChI is InChI=1S/C16H15N2O9P/c1-24-12-7(3-2-6(19)10(12)20)26-28(23)15(27-28)8-4-5-16(25-8)13-11(21)9(14(16)22)18(13)17/h2-3,8-9,13,15,19-20H,4-5H2,1H3/t8-,9?,13?,15?,16+,28?/m1/s1. The van der Waals surface area contributed by atoms with Crippen molar-refractivity contribution >= 4 is 19.2 Å². The second-order valence-corrected chi connectivity index (χ2v) is 9.11. The van der Waals surface area contributed by atoms with Gasteiger partial charge >= 0.3 is 7.60 Å². The summed E-state index contributed by atoms with van der Waals surface area (Å²) in [5.41, 5.74) is 8.36. The van der Waals surface area contributed by atoms with Gasteiger partial charge in [-0.2, -0.15) is 0 Å². The topological polar surface area (TPSA) is 157 Å². The summed E-state index contributed by atoms with van der Waals surface area (Å²) in [5.74, 6) is -3.13. The lowest BCUT2D eigenvalue weighted by Crippen LogP contribution is -2.55. The number of benzene rings is 1. The molecule has 6 atom stereocenters. The molecule has 148 valence electrons. The molecule has 1 aromatic carbocycles. The van der Waals surface area contributed by atoms with Gasteiger partial charge in [0.2, 0.25) is 34.8 Å². The first-order chi connectivity index (χ1) is 13.2. The Balaban J connectivity index is 1.34. The normalized spacial score (nSPS) is 40.7. The summed E-state index contributed by atoms with van der Waals surface area (Å²) in [4.78, 5) is 24.4. The fourth-order valence-electron chi connectivity index (χ4n) is 4.28. The number of aromatic hydroxyl groups is 2. The second kappa shape index (κ2) is 5.31. The number of hydrogen-bond donors (Lipinski definition) is 2. The Morgan fingerprint density at radius 2 is 2.11 bits per heavy atom. The van der Waals surface area contributed by atoms with Crippen LogP contribution in [0, 0.1) is 0 Å². The predicted molar refractivity (Wildman–Crippen MR) is 87.5 cm³/mol. The Labute approximate surface area is 157 Å². The van der Waals surface area contributed by atoms with Crippen molar-refractivity contribution in [2.24, 2.45) is 0 Å². The van der Waals surface area contributed by atoms with Gasteiger partial charge in [-0.15, -0.1) is 0 Å². The van der Waals surface area contributed by atoms with Gasteiger partial charge in [-0.3, -0.25) is 18.8 Å². The van der Waals surface area contributed by atoms with E-state index >= 15 is 0 Å². The number of ether oxygens (including phenoxy) is 2. The zero-order valence-corrected chi connectivity index (χ0v) is 15.4. The minimum absolute atomic E-state index is 0.0905. The fourth-order valence-corrected chi connectivity index (χ4v) is 6.08. The van der Waals surface area contributed by atoms with Crippen molar-refractivity contribution in [1.82, 2.24) is 0 Å². The summed E-state index contributed by atoms with van der Waals surface area (Å²) in [6.07, 6.45) is -0.262. The summed E-state index contributed by atoms with van der Waals surface area (Å²) in [6.45, 7) is 0. The molecule has 28 heavy (non-hydrogen) atoms. The summed E-state index contributed by atoms with van der Waals surface area (Å²) < 4.78 is 35.0. The van der Waals surface area contributed by atoms with Gasteiger partial charge in [0, 0.05) is 0 Å². The third kappa shape index (κ3) is 1.98. The molecular formula is C16H15N2O9P. The molecule has 1 saturated carbocycles. The van der Waals surface area contributed by atoms with Crippen LogP contribution in [0.2, 0.25) is 0 Å². The molecular weight excluding hydrogens is 395 g/mol. The second-order valence-electron chi connectivity index (χ2n) is 7.13. The molecule has 5 aliphatic rings. The Hall–Kier alpha value is -2.49. The maximum Gasteiger partial charge on any atom is 0.412 e. The lowest BCUT2D eigenvalue weighted by Gasteiger charge is -2.27. The number of rotatable bonds is 4. The first-order valence-corrected chi connectivity index (χ1v) is 10.1. The summed E-state index contributed by atoms with van der Waals surface area (Å²) >= 11 is 0.